The number of hydrogen-bond donors (Lipinski definition) is 3. The van der Waals surface area contributed by atoms with Crippen LogP contribution in [-0.4, -0.2) is 28.0 Å². The number of amides is 1. The topological polar surface area (TPSA) is 113 Å². The van der Waals surface area contributed by atoms with Crippen LogP contribution in [0.4, 0.5) is 15.8 Å². The number of benzene rings is 2. The minimum absolute atomic E-state index is 0.0408. The van der Waals surface area contributed by atoms with Gasteiger partial charge in [0.05, 0.1) is 4.92 Å². The maximum Gasteiger partial charge on any atom is 0.488 e. The molecule has 23 heavy (non-hydrogen) atoms. The first kappa shape index (κ1) is 16.6. The SMILES string of the molecule is Cc1ccc(NC(=O)c2cc(F)cc(B(O)O)c2)c([N+](=O)[O-])c1. The number of anilines is 1. The molecule has 2 aromatic rings. The molecule has 0 radical (unpaired) electrons. The highest BCUT2D eigenvalue weighted by molar-refractivity contribution is 6.58. The van der Waals surface area contributed by atoms with E-state index in [1.54, 1.807) is 13.0 Å². The summed E-state index contributed by atoms with van der Waals surface area (Å²) in [5.74, 6) is -1.64. The minimum atomic E-state index is -1.94. The van der Waals surface area contributed by atoms with Gasteiger partial charge in [0, 0.05) is 11.6 Å². The Labute approximate surface area is 130 Å². The van der Waals surface area contributed by atoms with Crippen LogP contribution in [0.3, 0.4) is 0 Å². The van der Waals surface area contributed by atoms with Gasteiger partial charge in [0.25, 0.3) is 11.6 Å². The van der Waals surface area contributed by atoms with Crippen LogP contribution in [0.25, 0.3) is 0 Å². The zero-order chi connectivity index (χ0) is 17.1. The van der Waals surface area contributed by atoms with Crippen molar-refractivity contribution in [3.8, 4) is 0 Å². The molecule has 0 saturated carbocycles. The van der Waals surface area contributed by atoms with Crippen molar-refractivity contribution < 1.29 is 24.2 Å². The van der Waals surface area contributed by atoms with Crippen LogP contribution in [0.1, 0.15) is 15.9 Å². The van der Waals surface area contributed by atoms with E-state index in [0.29, 0.717) is 5.56 Å². The highest BCUT2D eigenvalue weighted by Gasteiger charge is 2.19. The molecule has 9 heteroatoms. The van der Waals surface area contributed by atoms with Crippen LogP contribution in [0.5, 0.6) is 0 Å². The standard InChI is InChI=1S/C14H12BFN2O5/c1-8-2-3-12(13(4-8)18(22)23)17-14(19)9-5-10(15(20)21)7-11(16)6-9/h2-7,20-21H,1H3,(H,17,19). The predicted molar refractivity (Wildman–Crippen MR) is 82.0 cm³/mol. The van der Waals surface area contributed by atoms with E-state index in [0.717, 1.165) is 18.2 Å². The molecular weight excluding hydrogens is 306 g/mol. The van der Waals surface area contributed by atoms with Gasteiger partial charge in [0.1, 0.15) is 11.5 Å². The maximum absolute atomic E-state index is 13.4. The van der Waals surface area contributed by atoms with Crippen molar-refractivity contribution in [2.24, 2.45) is 0 Å². The summed E-state index contributed by atoms with van der Waals surface area (Å²) in [5, 5.41) is 31.5. The lowest BCUT2D eigenvalue weighted by molar-refractivity contribution is -0.384. The second-order valence-corrected chi connectivity index (χ2v) is 4.88. The predicted octanol–water partition coefficient (Wildman–Crippen LogP) is 0.974. The third-order valence-electron chi connectivity index (χ3n) is 3.08. The van der Waals surface area contributed by atoms with Crippen LogP contribution in [0, 0.1) is 22.9 Å². The lowest BCUT2D eigenvalue weighted by atomic mass is 9.79. The van der Waals surface area contributed by atoms with Crippen LogP contribution in [0.15, 0.2) is 36.4 Å². The van der Waals surface area contributed by atoms with Gasteiger partial charge in [-0.25, -0.2) is 4.39 Å². The van der Waals surface area contributed by atoms with E-state index in [9.17, 15) is 19.3 Å². The fraction of sp³-hybridized carbons (Fsp3) is 0.0714. The van der Waals surface area contributed by atoms with Gasteiger partial charge < -0.3 is 15.4 Å². The van der Waals surface area contributed by atoms with Gasteiger partial charge in [-0.15, -0.1) is 0 Å². The van der Waals surface area contributed by atoms with Crippen LogP contribution >= 0.6 is 0 Å². The molecule has 0 atom stereocenters. The van der Waals surface area contributed by atoms with Crippen molar-refractivity contribution in [1.29, 1.82) is 0 Å². The van der Waals surface area contributed by atoms with Gasteiger partial charge in [-0.05, 0) is 42.2 Å². The molecule has 0 aromatic heterocycles. The largest absolute Gasteiger partial charge is 0.488 e. The normalized spacial score (nSPS) is 10.3. The molecule has 0 aliphatic carbocycles. The van der Waals surface area contributed by atoms with Gasteiger partial charge in [-0.2, -0.15) is 0 Å². The van der Waals surface area contributed by atoms with E-state index in [-0.39, 0.29) is 22.4 Å². The smallest absolute Gasteiger partial charge is 0.423 e. The fourth-order valence-corrected chi connectivity index (χ4v) is 1.99. The number of hydrogen-bond acceptors (Lipinski definition) is 5. The molecule has 0 unspecified atom stereocenters. The summed E-state index contributed by atoms with van der Waals surface area (Å²) >= 11 is 0. The Bertz CT molecular complexity index is 782. The Kier molecular flexibility index (Phi) is 4.72. The van der Waals surface area contributed by atoms with E-state index in [1.165, 1.54) is 12.1 Å². The monoisotopic (exact) mass is 318 g/mol. The van der Waals surface area contributed by atoms with Crippen LogP contribution < -0.4 is 10.8 Å². The molecule has 0 heterocycles. The van der Waals surface area contributed by atoms with Gasteiger partial charge in [-0.1, -0.05) is 6.07 Å². The molecule has 7 nitrogen and oxygen atoms in total. The fourth-order valence-electron chi connectivity index (χ4n) is 1.99. The lowest BCUT2D eigenvalue weighted by Crippen LogP contribution is -2.31. The maximum atomic E-state index is 13.4. The van der Waals surface area contributed by atoms with Crippen molar-refractivity contribution in [1.82, 2.24) is 0 Å². The van der Waals surface area contributed by atoms with Crippen molar-refractivity contribution >= 4 is 29.9 Å². The highest BCUT2D eigenvalue weighted by atomic mass is 19.1. The molecule has 0 spiro atoms. The van der Waals surface area contributed by atoms with Gasteiger partial charge in [0.15, 0.2) is 0 Å². The average molecular weight is 318 g/mol. The molecule has 1 amide bonds. The number of nitrogens with one attached hydrogen (secondary N) is 1. The number of halogens is 1. The lowest BCUT2D eigenvalue weighted by Gasteiger charge is -2.08. The molecule has 0 fully saturated rings. The summed E-state index contributed by atoms with van der Waals surface area (Å²) < 4.78 is 13.4. The Hall–Kier alpha value is -2.78. The highest BCUT2D eigenvalue weighted by Crippen LogP contribution is 2.25. The third-order valence-corrected chi connectivity index (χ3v) is 3.08. The first-order valence-electron chi connectivity index (χ1n) is 6.51. The zero-order valence-electron chi connectivity index (χ0n) is 12.0. The first-order valence-corrected chi connectivity index (χ1v) is 6.51. The van der Waals surface area contributed by atoms with Crippen LogP contribution in [0.2, 0.25) is 0 Å². The molecule has 0 aliphatic rings. The molecule has 118 valence electrons. The summed E-state index contributed by atoms with van der Waals surface area (Å²) in [7, 11) is -1.94. The molecule has 0 aliphatic heterocycles. The number of nitro benzene ring substituents is 1. The molecule has 2 rings (SSSR count). The molecular formula is C14H12BFN2O5. The van der Waals surface area contributed by atoms with Crippen molar-refractivity contribution in [3.63, 3.8) is 0 Å². The quantitative estimate of drug-likeness (QED) is 0.442. The van der Waals surface area contributed by atoms with Crippen molar-refractivity contribution in [3.05, 3.63) is 63.5 Å². The Morgan fingerprint density at radius 3 is 2.57 bits per heavy atom. The van der Waals surface area contributed by atoms with Gasteiger partial charge in [0.2, 0.25) is 0 Å². The number of aryl methyl sites for hydroxylation is 1. The molecule has 2 aromatic carbocycles. The van der Waals surface area contributed by atoms with Crippen LogP contribution in [-0.2, 0) is 0 Å². The number of carbonyl (C=O) groups is 1. The van der Waals surface area contributed by atoms with E-state index >= 15 is 0 Å². The minimum Gasteiger partial charge on any atom is -0.423 e. The van der Waals surface area contributed by atoms with E-state index in [4.69, 9.17) is 10.0 Å². The van der Waals surface area contributed by atoms with E-state index in [2.05, 4.69) is 5.32 Å². The summed E-state index contributed by atoms with van der Waals surface area (Å²) in [6, 6.07) is 7.09. The number of nitro groups is 1. The van der Waals surface area contributed by atoms with Gasteiger partial charge in [-0.3, -0.25) is 14.9 Å². The summed E-state index contributed by atoms with van der Waals surface area (Å²) in [5.41, 5.74) is -0.0826. The summed E-state index contributed by atoms with van der Waals surface area (Å²) in [6.07, 6.45) is 0. The van der Waals surface area contributed by atoms with Crippen molar-refractivity contribution in [2.75, 3.05) is 5.32 Å². The number of rotatable bonds is 4. The third kappa shape index (κ3) is 3.90. The molecule has 3 N–H and O–H groups in total. The van der Waals surface area contributed by atoms with Gasteiger partial charge >= 0.3 is 7.12 Å². The summed E-state index contributed by atoms with van der Waals surface area (Å²) in [4.78, 5) is 22.5. The number of nitrogens with zero attached hydrogens (tertiary/aromatic N) is 1. The Balaban J connectivity index is 2.35. The van der Waals surface area contributed by atoms with E-state index in [1.807, 2.05) is 0 Å². The second-order valence-electron chi connectivity index (χ2n) is 4.88. The van der Waals surface area contributed by atoms with E-state index < -0.39 is 23.8 Å². The second kappa shape index (κ2) is 6.55. The zero-order valence-corrected chi connectivity index (χ0v) is 12.0. The molecule has 0 saturated heterocycles. The van der Waals surface area contributed by atoms with Crippen molar-refractivity contribution in [2.45, 2.75) is 6.92 Å². The number of carbonyl (C=O) groups excluding carboxylic acids is 1. The molecule has 0 bridgehead atoms. The Morgan fingerprint density at radius 2 is 1.96 bits per heavy atom. The summed E-state index contributed by atoms with van der Waals surface area (Å²) in [6.45, 7) is 1.67. The first-order chi connectivity index (χ1) is 10.8. The Morgan fingerprint density at radius 1 is 1.26 bits per heavy atom. The average Bonchev–Trinajstić information content (AvgIpc) is 2.48.